The van der Waals surface area contributed by atoms with Crippen molar-refractivity contribution in [2.45, 2.75) is 10.0 Å². The van der Waals surface area contributed by atoms with Crippen molar-refractivity contribution < 1.29 is 9.53 Å². The molecule has 4 nitrogen and oxygen atoms in total. The molecule has 124 valence electrons. The van der Waals surface area contributed by atoms with E-state index in [2.05, 4.69) is 5.32 Å². The lowest BCUT2D eigenvalue weighted by atomic mass is 10.1. The molecule has 1 atom stereocenters. The molecule has 0 aliphatic heterocycles. The number of hydrogen-bond acceptors (Lipinski definition) is 2. The number of benzene rings is 2. The molecule has 2 aromatic carbocycles. The Morgan fingerprint density at radius 3 is 2.30 bits per heavy atom. The van der Waals surface area contributed by atoms with Crippen LogP contribution in [0.3, 0.4) is 0 Å². The van der Waals surface area contributed by atoms with Crippen molar-refractivity contribution in [2.24, 2.45) is 0 Å². The minimum absolute atomic E-state index is 0.445. The zero-order valence-electron chi connectivity index (χ0n) is 12.3. The number of fused-ring (bicyclic) bond motifs is 1. The molecule has 2 rings (SSSR count). The fourth-order valence-corrected chi connectivity index (χ4v) is 2.41. The highest BCUT2D eigenvalue weighted by Gasteiger charge is 2.36. The Morgan fingerprint density at radius 1 is 1.13 bits per heavy atom. The third kappa shape index (κ3) is 4.48. The number of alkyl halides is 3. The molecule has 2 aromatic rings. The fourth-order valence-electron chi connectivity index (χ4n) is 1.88. The highest BCUT2D eigenvalue weighted by molar-refractivity contribution is 6.68. The van der Waals surface area contributed by atoms with Crippen LogP contribution in [0.5, 0.6) is 5.75 Å². The standard InChI is InChI=1S/C15H14Cl4N2O2/c1-21(2)14(22)20-13(15(17,18)19)23-12-8-7-11(16)9-5-3-4-6-10(9)12/h3-8,13H,1-2H3,(H,20,22)/t13-/m0/s1. The molecule has 0 bridgehead atoms. The Bertz CT molecular complexity index is 716. The summed E-state index contributed by atoms with van der Waals surface area (Å²) in [5.41, 5.74) is 0. The summed E-state index contributed by atoms with van der Waals surface area (Å²) in [6.45, 7) is 0. The smallest absolute Gasteiger partial charge is 0.319 e. The minimum atomic E-state index is -1.85. The van der Waals surface area contributed by atoms with Gasteiger partial charge in [0.05, 0.1) is 0 Å². The van der Waals surface area contributed by atoms with E-state index in [9.17, 15) is 4.79 Å². The molecular formula is C15H14Cl4N2O2. The molecule has 2 amide bonds. The van der Waals surface area contributed by atoms with E-state index >= 15 is 0 Å². The lowest BCUT2D eigenvalue weighted by Gasteiger charge is -2.28. The maximum atomic E-state index is 11.8. The lowest BCUT2D eigenvalue weighted by molar-refractivity contribution is 0.155. The van der Waals surface area contributed by atoms with Crippen LogP contribution in [0.25, 0.3) is 10.8 Å². The van der Waals surface area contributed by atoms with Gasteiger partial charge in [-0.3, -0.25) is 5.32 Å². The molecule has 0 heterocycles. The molecule has 0 aliphatic rings. The zero-order chi connectivity index (χ0) is 17.2. The summed E-state index contributed by atoms with van der Waals surface area (Å²) >= 11 is 24.0. The Hall–Kier alpha value is -1.07. The molecule has 1 N–H and O–H groups in total. The van der Waals surface area contributed by atoms with Crippen molar-refractivity contribution >= 4 is 63.2 Å². The first-order valence-corrected chi connectivity index (χ1v) is 8.10. The molecule has 8 heteroatoms. The Balaban J connectivity index is 2.37. The van der Waals surface area contributed by atoms with E-state index in [0.29, 0.717) is 10.8 Å². The number of ether oxygens (including phenoxy) is 1. The van der Waals surface area contributed by atoms with Crippen LogP contribution >= 0.6 is 46.4 Å². The van der Waals surface area contributed by atoms with Crippen molar-refractivity contribution in [3.8, 4) is 5.75 Å². The zero-order valence-corrected chi connectivity index (χ0v) is 15.3. The molecule has 0 unspecified atom stereocenters. The van der Waals surface area contributed by atoms with E-state index in [4.69, 9.17) is 51.1 Å². The van der Waals surface area contributed by atoms with Crippen LogP contribution in [0.2, 0.25) is 5.02 Å². The highest BCUT2D eigenvalue weighted by atomic mass is 35.6. The van der Waals surface area contributed by atoms with Gasteiger partial charge in [-0.2, -0.15) is 0 Å². The van der Waals surface area contributed by atoms with Crippen LogP contribution in [0.1, 0.15) is 0 Å². The quantitative estimate of drug-likeness (QED) is 0.596. The van der Waals surface area contributed by atoms with Crippen molar-refractivity contribution in [1.82, 2.24) is 10.2 Å². The first-order chi connectivity index (χ1) is 10.7. The molecule has 0 spiro atoms. The first-order valence-electron chi connectivity index (χ1n) is 6.58. The molecule has 0 aromatic heterocycles. The number of nitrogens with one attached hydrogen (secondary N) is 1. The van der Waals surface area contributed by atoms with Crippen LogP contribution in [0.4, 0.5) is 4.79 Å². The highest BCUT2D eigenvalue weighted by Crippen LogP contribution is 2.36. The molecule has 0 saturated heterocycles. The van der Waals surface area contributed by atoms with E-state index in [1.807, 2.05) is 24.3 Å². The second-order valence-corrected chi connectivity index (χ2v) is 7.75. The minimum Gasteiger partial charge on any atom is -0.465 e. The van der Waals surface area contributed by atoms with Crippen LogP contribution in [-0.2, 0) is 0 Å². The van der Waals surface area contributed by atoms with E-state index in [1.54, 1.807) is 26.2 Å². The van der Waals surface area contributed by atoms with Gasteiger partial charge in [-0.1, -0.05) is 70.7 Å². The van der Waals surface area contributed by atoms with E-state index in [-0.39, 0.29) is 0 Å². The molecule has 23 heavy (non-hydrogen) atoms. The third-order valence-electron chi connectivity index (χ3n) is 3.03. The van der Waals surface area contributed by atoms with E-state index < -0.39 is 16.1 Å². The summed E-state index contributed by atoms with van der Waals surface area (Å²) in [6.07, 6.45) is -1.17. The Morgan fingerprint density at radius 2 is 1.74 bits per heavy atom. The van der Waals surface area contributed by atoms with Gasteiger partial charge in [0.2, 0.25) is 10.0 Å². The van der Waals surface area contributed by atoms with Gasteiger partial charge in [-0.05, 0) is 12.1 Å². The molecule has 0 fully saturated rings. The van der Waals surface area contributed by atoms with Gasteiger partial charge < -0.3 is 9.64 Å². The summed E-state index contributed by atoms with van der Waals surface area (Å²) in [5, 5.41) is 4.65. The number of hydrogen-bond donors (Lipinski definition) is 1. The van der Waals surface area contributed by atoms with Gasteiger partial charge in [0.1, 0.15) is 5.75 Å². The first kappa shape index (κ1) is 18.3. The SMILES string of the molecule is CN(C)C(=O)N[C@@H](Oc1ccc(Cl)c2ccccc12)C(Cl)(Cl)Cl. The summed E-state index contributed by atoms with van der Waals surface area (Å²) in [5.74, 6) is 0.445. The summed E-state index contributed by atoms with van der Waals surface area (Å²) in [7, 11) is 3.14. The third-order valence-corrected chi connectivity index (χ3v) is 3.96. The average Bonchev–Trinajstić information content (AvgIpc) is 2.48. The van der Waals surface area contributed by atoms with Crippen LogP contribution in [0, 0.1) is 0 Å². The molecule has 0 aliphatic carbocycles. The van der Waals surface area contributed by atoms with Crippen LogP contribution in [0.15, 0.2) is 36.4 Å². The van der Waals surface area contributed by atoms with Gasteiger partial charge >= 0.3 is 6.03 Å². The predicted molar refractivity (Wildman–Crippen MR) is 95.9 cm³/mol. The number of amides is 2. The monoisotopic (exact) mass is 394 g/mol. The Labute approximate surface area is 154 Å². The maximum Gasteiger partial charge on any atom is 0.319 e. The fraction of sp³-hybridized carbons (Fsp3) is 0.267. The lowest BCUT2D eigenvalue weighted by Crippen LogP contribution is -2.50. The van der Waals surface area contributed by atoms with Gasteiger partial charge in [-0.25, -0.2) is 4.79 Å². The van der Waals surface area contributed by atoms with Gasteiger partial charge in [0, 0.05) is 29.9 Å². The topological polar surface area (TPSA) is 41.6 Å². The largest absolute Gasteiger partial charge is 0.465 e. The summed E-state index contributed by atoms with van der Waals surface area (Å²) in [4.78, 5) is 13.2. The summed E-state index contributed by atoms with van der Waals surface area (Å²) in [6, 6.07) is 10.3. The number of carbonyl (C=O) groups excluding carboxylic acids is 1. The Kier molecular flexibility index (Phi) is 5.74. The normalized spacial score (nSPS) is 12.8. The average molecular weight is 396 g/mol. The maximum absolute atomic E-state index is 11.8. The predicted octanol–water partition coefficient (Wildman–Crippen LogP) is 4.84. The molecule has 0 saturated carbocycles. The summed E-state index contributed by atoms with van der Waals surface area (Å²) < 4.78 is 3.90. The van der Waals surface area contributed by atoms with Crippen LogP contribution < -0.4 is 10.1 Å². The van der Waals surface area contributed by atoms with E-state index in [0.717, 1.165) is 10.8 Å². The van der Waals surface area contributed by atoms with Gasteiger partial charge in [-0.15, -0.1) is 0 Å². The number of nitrogens with zero attached hydrogens (tertiary/aromatic N) is 1. The van der Waals surface area contributed by atoms with Crippen molar-refractivity contribution in [3.05, 3.63) is 41.4 Å². The molecular weight excluding hydrogens is 382 g/mol. The van der Waals surface area contributed by atoms with Crippen molar-refractivity contribution in [1.29, 1.82) is 0 Å². The number of urea groups is 1. The second-order valence-electron chi connectivity index (χ2n) is 4.97. The number of rotatable bonds is 3. The number of carbonyl (C=O) groups is 1. The second kappa shape index (κ2) is 7.22. The van der Waals surface area contributed by atoms with E-state index in [1.165, 1.54) is 4.90 Å². The molecule has 0 radical (unpaired) electrons. The number of halogens is 4. The van der Waals surface area contributed by atoms with Gasteiger partial charge in [0.15, 0.2) is 0 Å². The van der Waals surface area contributed by atoms with Gasteiger partial charge in [0.25, 0.3) is 0 Å². The van der Waals surface area contributed by atoms with Crippen LogP contribution in [-0.4, -0.2) is 35.0 Å². The van der Waals surface area contributed by atoms with Crippen molar-refractivity contribution in [2.75, 3.05) is 14.1 Å². The van der Waals surface area contributed by atoms with Crippen molar-refractivity contribution in [3.63, 3.8) is 0 Å².